The number of aromatic hydroxyl groups is 1. The zero-order valence-corrected chi connectivity index (χ0v) is 15.7. The summed E-state index contributed by atoms with van der Waals surface area (Å²) >= 11 is 0. The lowest BCUT2D eigenvalue weighted by Crippen LogP contribution is -2.15. The second-order valence-electron chi connectivity index (χ2n) is 6.51. The molecule has 128 valence electrons. The maximum absolute atomic E-state index is 10.9. The van der Waals surface area contributed by atoms with E-state index in [1.807, 2.05) is 69.3 Å². The first-order chi connectivity index (χ1) is 12.0. The lowest BCUT2D eigenvalue weighted by molar-refractivity contribution is 0.221. The number of aliphatic hydroxyl groups excluding tert-OH is 1. The predicted molar refractivity (Wildman–Crippen MR) is 107 cm³/mol. The molecule has 25 heavy (non-hydrogen) atoms. The van der Waals surface area contributed by atoms with E-state index in [0.29, 0.717) is 14.3 Å². The summed E-state index contributed by atoms with van der Waals surface area (Å²) in [5.41, 5.74) is 4.92. The van der Waals surface area contributed by atoms with Crippen molar-refractivity contribution in [1.82, 2.24) is 0 Å². The summed E-state index contributed by atoms with van der Waals surface area (Å²) in [6.45, 7) is 5.99. The fourth-order valence-electron chi connectivity index (χ4n) is 3.04. The van der Waals surface area contributed by atoms with Gasteiger partial charge in [0, 0.05) is 5.30 Å². The second kappa shape index (κ2) is 7.39. The third kappa shape index (κ3) is 3.92. The minimum atomic E-state index is -0.670. The standard InChI is InChI=1S/C22H23O2P/c1-14-9-10-19(25-20-13-15(2)11-16(3)21(20)23)18(12-14)22(24)17-7-5-4-6-8-17/h4-13,22-25H,1-3H3. The van der Waals surface area contributed by atoms with Crippen molar-refractivity contribution in [2.24, 2.45) is 0 Å². The van der Waals surface area contributed by atoms with E-state index in [0.717, 1.165) is 38.4 Å². The minimum absolute atomic E-state index is 0.291. The largest absolute Gasteiger partial charge is 0.507 e. The van der Waals surface area contributed by atoms with Gasteiger partial charge >= 0.3 is 0 Å². The summed E-state index contributed by atoms with van der Waals surface area (Å²) < 4.78 is 0. The first kappa shape index (κ1) is 17.7. The highest BCUT2D eigenvalue weighted by Gasteiger charge is 2.16. The number of phenolic OH excluding ortho intramolecular Hbond substituents is 1. The smallest absolute Gasteiger partial charge is 0.126 e. The quantitative estimate of drug-likeness (QED) is 0.698. The van der Waals surface area contributed by atoms with Crippen LogP contribution >= 0.6 is 8.58 Å². The normalized spacial score (nSPS) is 12.6. The summed E-state index contributed by atoms with van der Waals surface area (Å²) in [5, 5.41) is 23.3. The molecule has 2 atom stereocenters. The molecule has 2 unspecified atom stereocenters. The van der Waals surface area contributed by atoms with E-state index < -0.39 is 6.10 Å². The zero-order chi connectivity index (χ0) is 18.0. The number of rotatable bonds is 4. The van der Waals surface area contributed by atoms with Gasteiger partial charge in [-0.05, 0) is 54.4 Å². The Morgan fingerprint density at radius 1 is 0.800 bits per heavy atom. The molecule has 3 heteroatoms. The molecule has 0 saturated heterocycles. The Labute approximate surface area is 151 Å². The van der Waals surface area contributed by atoms with Crippen molar-refractivity contribution in [2.45, 2.75) is 26.9 Å². The lowest BCUT2D eigenvalue weighted by atomic mass is 10.00. The Bertz CT molecular complexity index is 888. The average Bonchev–Trinajstić information content (AvgIpc) is 2.60. The molecule has 0 aliphatic rings. The first-order valence-electron chi connectivity index (χ1n) is 8.36. The summed E-state index contributed by atoms with van der Waals surface area (Å²) in [6.07, 6.45) is -0.670. The van der Waals surface area contributed by atoms with Gasteiger partial charge in [0.1, 0.15) is 11.9 Å². The Kier molecular flexibility index (Phi) is 5.22. The van der Waals surface area contributed by atoms with Crippen LogP contribution in [0.25, 0.3) is 0 Å². The van der Waals surface area contributed by atoms with Crippen LogP contribution in [0.3, 0.4) is 0 Å². The van der Waals surface area contributed by atoms with Crippen molar-refractivity contribution in [3.8, 4) is 5.75 Å². The molecule has 0 saturated carbocycles. The van der Waals surface area contributed by atoms with Crippen molar-refractivity contribution in [3.63, 3.8) is 0 Å². The van der Waals surface area contributed by atoms with Gasteiger partial charge in [-0.3, -0.25) is 0 Å². The van der Waals surface area contributed by atoms with Gasteiger partial charge in [0.2, 0.25) is 0 Å². The van der Waals surface area contributed by atoms with Crippen molar-refractivity contribution in [3.05, 3.63) is 88.5 Å². The summed E-state index contributed by atoms with van der Waals surface area (Å²) in [5.74, 6) is 0.352. The Balaban J connectivity index is 2.03. The van der Waals surface area contributed by atoms with Gasteiger partial charge in [0.15, 0.2) is 0 Å². The summed E-state index contributed by atoms with van der Waals surface area (Å²) in [7, 11) is 0.291. The molecular formula is C22H23O2P. The average molecular weight is 350 g/mol. The lowest BCUT2D eigenvalue weighted by Gasteiger charge is -2.18. The van der Waals surface area contributed by atoms with Crippen LogP contribution in [0.1, 0.15) is 33.9 Å². The molecule has 0 spiro atoms. The fourth-order valence-corrected chi connectivity index (χ4v) is 4.46. The van der Waals surface area contributed by atoms with Crippen molar-refractivity contribution in [1.29, 1.82) is 0 Å². The highest BCUT2D eigenvalue weighted by Crippen LogP contribution is 2.29. The van der Waals surface area contributed by atoms with Gasteiger partial charge in [-0.1, -0.05) is 68.7 Å². The number of aliphatic hydroxyl groups is 1. The maximum Gasteiger partial charge on any atom is 0.126 e. The maximum atomic E-state index is 10.9. The van der Waals surface area contributed by atoms with Gasteiger partial charge in [-0.25, -0.2) is 0 Å². The molecule has 0 radical (unpaired) electrons. The third-order valence-electron chi connectivity index (χ3n) is 4.33. The van der Waals surface area contributed by atoms with Crippen LogP contribution < -0.4 is 10.6 Å². The molecule has 0 aliphatic carbocycles. The van der Waals surface area contributed by atoms with Gasteiger partial charge in [0.25, 0.3) is 0 Å². The molecule has 3 aromatic carbocycles. The molecular weight excluding hydrogens is 327 g/mol. The molecule has 0 aliphatic heterocycles. The Morgan fingerprint density at radius 3 is 2.24 bits per heavy atom. The van der Waals surface area contributed by atoms with Gasteiger partial charge < -0.3 is 10.2 Å². The fraction of sp³-hybridized carbons (Fsp3) is 0.182. The van der Waals surface area contributed by atoms with E-state index in [-0.39, 0.29) is 0 Å². The van der Waals surface area contributed by atoms with Crippen molar-refractivity contribution < 1.29 is 10.2 Å². The zero-order valence-electron chi connectivity index (χ0n) is 14.7. The molecule has 0 bridgehead atoms. The van der Waals surface area contributed by atoms with Crippen LogP contribution in [-0.2, 0) is 0 Å². The van der Waals surface area contributed by atoms with E-state index >= 15 is 0 Å². The predicted octanol–water partition coefficient (Wildman–Crippen LogP) is 4.03. The highest BCUT2D eigenvalue weighted by molar-refractivity contribution is 7.55. The van der Waals surface area contributed by atoms with E-state index in [9.17, 15) is 10.2 Å². The molecule has 0 heterocycles. The molecule has 3 rings (SSSR count). The third-order valence-corrected chi connectivity index (χ3v) is 5.71. The van der Waals surface area contributed by atoms with Crippen molar-refractivity contribution in [2.75, 3.05) is 0 Å². The Hall–Kier alpha value is -2.15. The van der Waals surface area contributed by atoms with E-state index in [4.69, 9.17) is 0 Å². The van der Waals surface area contributed by atoms with Gasteiger partial charge in [-0.2, -0.15) is 0 Å². The number of hydrogen-bond donors (Lipinski definition) is 2. The number of phenols is 1. The van der Waals surface area contributed by atoms with Gasteiger partial charge in [0.05, 0.1) is 0 Å². The first-order valence-corrected chi connectivity index (χ1v) is 9.36. The molecule has 0 fully saturated rings. The van der Waals surface area contributed by atoms with E-state index in [1.54, 1.807) is 0 Å². The topological polar surface area (TPSA) is 40.5 Å². The van der Waals surface area contributed by atoms with Crippen LogP contribution in [-0.4, -0.2) is 10.2 Å². The highest BCUT2D eigenvalue weighted by atomic mass is 31.1. The summed E-state index contributed by atoms with van der Waals surface area (Å²) in [6, 6.07) is 19.9. The number of aryl methyl sites for hydroxylation is 3. The second-order valence-corrected chi connectivity index (χ2v) is 7.83. The molecule has 2 nitrogen and oxygen atoms in total. The monoisotopic (exact) mass is 350 g/mol. The van der Waals surface area contributed by atoms with Gasteiger partial charge in [-0.15, -0.1) is 0 Å². The van der Waals surface area contributed by atoms with E-state index in [1.165, 1.54) is 0 Å². The SMILES string of the molecule is Cc1cc(C)c(O)c(Pc2ccc(C)cc2C(O)c2ccccc2)c1. The van der Waals surface area contributed by atoms with Crippen LogP contribution in [0.4, 0.5) is 0 Å². The van der Waals surface area contributed by atoms with Crippen molar-refractivity contribution >= 4 is 19.2 Å². The molecule has 3 aromatic rings. The van der Waals surface area contributed by atoms with Crippen LogP contribution in [0.5, 0.6) is 5.75 Å². The molecule has 0 aromatic heterocycles. The van der Waals surface area contributed by atoms with Crippen LogP contribution in [0.15, 0.2) is 60.7 Å². The van der Waals surface area contributed by atoms with Crippen LogP contribution in [0.2, 0.25) is 0 Å². The Morgan fingerprint density at radius 2 is 1.52 bits per heavy atom. The minimum Gasteiger partial charge on any atom is -0.507 e. The molecule has 0 amide bonds. The number of hydrogen-bond acceptors (Lipinski definition) is 2. The summed E-state index contributed by atoms with van der Waals surface area (Å²) in [4.78, 5) is 0. The molecule has 2 N–H and O–H groups in total. The number of benzene rings is 3. The van der Waals surface area contributed by atoms with E-state index in [2.05, 4.69) is 12.1 Å². The van der Waals surface area contributed by atoms with Crippen LogP contribution in [0, 0.1) is 20.8 Å².